The molecule has 4 heteroatoms. The average molecular weight is 337 g/mol. The van der Waals surface area contributed by atoms with Crippen molar-refractivity contribution in [2.45, 2.75) is 26.4 Å². The van der Waals surface area contributed by atoms with E-state index >= 15 is 0 Å². The van der Waals surface area contributed by atoms with Crippen LogP contribution in [0, 0.1) is 0 Å². The first-order valence-electron chi connectivity index (χ1n) is 8.43. The lowest BCUT2D eigenvalue weighted by molar-refractivity contribution is 0.0988. The fraction of sp³-hybridized carbons (Fsp3) is 0.238. The summed E-state index contributed by atoms with van der Waals surface area (Å²) in [6.45, 7) is 2.63. The van der Waals surface area contributed by atoms with Gasteiger partial charge in [-0.2, -0.15) is 0 Å². The van der Waals surface area contributed by atoms with E-state index in [1.54, 1.807) is 0 Å². The molecule has 130 valence electrons. The highest BCUT2D eigenvalue weighted by molar-refractivity contribution is 5.95. The molecule has 2 rings (SSSR count). The molecule has 2 aromatic rings. The molecule has 0 aliphatic heterocycles. The maximum absolute atomic E-state index is 11.6. The lowest BCUT2D eigenvalue weighted by Crippen LogP contribution is -2.24. The smallest absolute Gasteiger partial charge is 0.407 e. The summed E-state index contributed by atoms with van der Waals surface area (Å²) in [6, 6.07) is 17.1. The highest BCUT2D eigenvalue weighted by Gasteiger charge is 2.02. The van der Waals surface area contributed by atoms with Crippen molar-refractivity contribution in [2.24, 2.45) is 0 Å². The molecule has 0 aliphatic rings. The lowest BCUT2D eigenvalue weighted by atomic mass is 10.1. The van der Waals surface area contributed by atoms with Crippen LogP contribution in [0.3, 0.4) is 0 Å². The van der Waals surface area contributed by atoms with Crippen LogP contribution in [-0.2, 0) is 11.3 Å². The Morgan fingerprint density at radius 3 is 2.44 bits per heavy atom. The molecule has 0 saturated carbocycles. The summed E-state index contributed by atoms with van der Waals surface area (Å²) >= 11 is 0. The van der Waals surface area contributed by atoms with Crippen LogP contribution < -0.4 is 5.32 Å². The third kappa shape index (κ3) is 6.63. The number of Topliss-reactive ketones (excluding diaryl/α,β-unsaturated/α-hetero) is 1. The van der Waals surface area contributed by atoms with Gasteiger partial charge in [0.2, 0.25) is 0 Å². The second-order valence-electron chi connectivity index (χ2n) is 5.58. The van der Waals surface area contributed by atoms with Gasteiger partial charge in [0, 0.05) is 18.5 Å². The van der Waals surface area contributed by atoms with Gasteiger partial charge in [-0.25, -0.2) is 4.79 Å². The molecule has 1 N–H and O–H groups in total. The summed E-state index contributed by atoms with van der Waals surface area (Å²) in [5.41, 5.74) is 2.73. The van der Waals surface area contributed by atoms with Crippen LogP contribution in [0.2, 0.25) is 0 Å². The van der Waals surface area contributed by atoms with Crippen molar-refractivity contribution in [3.05, 3.63) is 77.4 Å². The maximum Gasteiger partial charge on any atom is 0.407 e. The van der Waals surface area contributed by atoms with E-state index in [9.17, 15) is 9.59 Å². The highest BCUT2D eigenvalue weighted by Crippen LogP contribution is 2.08. The number of rotatable bonds is 8. The van der Waals surface area contributed by atoms with Crippen LogP contribution in [0.25, 0.3) is 6.08 Å². The van der Waals surface area contributed by atoms with Gasteiger partial charge in [0.1, 0.15) is 6.61 Å². The van der Waals surface area contributed by atoms with Crippen molar-refractivity contribution in [3.63, 3.8) is 0 Å². The second-order valence-corrected chi connectivity index (χ2v) is 5.58. The van der Waals surface area contributed by atoms with Gasteiger partial charge < -0.3 is 10.1 Å². The molecule has 0 radical (unpaired) electrons. The minimum atomic E-state index is -0.417. The van der Waals surface area contributed by atoms with Gasteiger partial charge in [-0.3, -0.25) is 4.79 Å². The van der Waals surface area contributed by atoms with Gasteiger partial charge in [0.15, 0.2) is 5.78 Å². The van der Waals surface area contributed by atoms with Gasteiger partial charge >= 0.3 is 6.09 Å². The van der Waals surface area contributed by atoms with Crippen molar-refractivity contribution >= 4 is 18.0 Å². The molecule has 0 spiro atoms. The van der Waals surface area contributed by atoms with E-state index in [-0.39, 0.29) is 12.4 Å². The number of hydrogen-bond acceptors (Lipinski definition) is 3. The molecule has 0 unspecified atom stereocenters. The molecule has 0 heterocycles. The number of benzene rings is 2. The molecule has 1 amide bonds. The van der Waals surface area contributed by atoms with E-state index in [1.807, 2.05) is 73.7 Å². The summed E-state index contributed by atoms with van der Waals surface area (Å²) < 4.78 is 5.13. The zero-order valence-corrected chi connectivity index (χ0v) is 14.4. The normalized spacial score (nSPS) is 10.6. The number of ether oxygens (including phenoxy) is 1. The topological polar surface area (TPSA) is 55.4 Å². The molecule has 4 nitrogen and oxygen atoms in total. The molecule has 0 fully saturated rings. The minimum Gasteiger partial charge on any atom is -0.445 e. The first kappa shape index (κ1) is 18.5. The number of carbonyl (C=O) groups excluding carboxylic acids is 2. The van der Waals surface area contributed by atoms with Crippen LogP contribution >= 0.6 is 0 Å². The molecule has 0 bridgehead atoms. The Labute approximate surface area is 148 Å². The van der Waals surface area contributed by atoms with Gasteiger partial charge in [-0.1, -0.05) is 73.7 Å². The highest BCUT2D eigenvalue weighted by atomic mass is 16.5. The predicted octanol–water partition coefficient (Wildman–Crippen LogP) is 4.61. The second kappa shape index (κ2) is 10.1. The van der Waals surface area contributed by atoms with Crippen LogP contribution in [-0.4, -0.2) is 18.4 Å². The van der Waals surface area contributed by atoms with Crippen LogP contribution in [0.4, 0.5) is 4.79 Å². The summed E-state index contributed by atoms with van der Waals surface area (Å²) in [5, 5.41) is 2.71. The number of amides is 1. The third-order valence-electron chi connectivity index (χ3n) is 3.66. The Hall–Kier alpha value is -2.88. The monoisotopic (exact) mass is 337 g/mol. The lowest BCUT2D eigenvalue weighted by Gasteiger charge is -2.05. The fourth-order valence-electron chi connectivity index (χ4n) is 2.24. The van der Waals surface area contributed by atoms with Crippen LogP contribution in [0.1, 0.15) is 41.3 Å². The summed E-state index contributed by atoms with van der Waals surface area (Å²) in [5.74, 6) is 0.147. The van der Waals surface area contributed by atoms with E-state index in [0.29, 0.717) is 19.4 Å². The quantitative estimate of drug-likeness (QED) is 0.565. The Kier molecular flexibility index (Phi) is 7.44. The number of alkyl carbamates (subject to hydrolysis) is 1. The van der Waals surface area contributed by atoms with Gasteiger partial charge in [-0.05, 0) is 17.5 Å². The zero-order chi connectivity index (χ0) is 17.9. The van der Waals surface area contributed by atoms with Crippen molar-refractivity contribution in [3.8, 4) is 0 Å². The van der Waals surface area contributed by atoms with Gasteiger partial charge in [0.25, 0.3) is 0 Å². The summed E-state index contributed by atoms with van der Waals surface area (Å²) in [7, 11) is 0. The SMILES string of the molecule is CCC(=O)c1ccc(C=CCCNC(=O)OCc2ccccc2)cc1. The summed E-state index contributed by atoms with van der Waals surface area (Å²) in [6.07, 6.45) is 4.75. The Morgan fingerprint density at radius 2 is 1.76 bits per heavy atom. The Bertz CT molecular complexity index is 706. The van der Waals surface area contributed by atoms with E-state index in [0.717, 1.165) is 16.7 Å². The fourth-order valence-corrected chi connectivity index (χ4v) is 2.24. The zero-order valence-electron chi connectivity index (χ0n) is 14.4. The molecular formula is C21H23NO3. The first-order valence-corrected chi connectivity index (χ1v) is 8.43. The molecule has 0 aromatic heterocycles. The van der Waals surface area contributed by atoms with Gasteiger partial charge in [0.05, 0.1) is 0 Å². The molecule has 0 aliphatic carbocycles. The standard InChI is InChI=1S/C21H23NO3/c1-2-20(23)19-13-11-17(12-14-19)8-6-7-15-22-21(24)25-16-18-9-4-3-5-10-18/h3-6,8-14H,2,7,15-16H2,1H3,(H,22,24). The number of ketones is 1. The van der Waals surface area contributed by atoms with E-state index in [4.69, 9.17) is 4.74 Å². The number of nitrogens with one attached hydrogen (secondary N) is 1. The van der Waals surface area contributed by atoms with E-state index in [2.05, 4.69) is 5.32 Å². The molecule has 25 heavy (non-hydrogen) atoms. The molecule has 0 atom stereocenters. The average Bonchev–Trinajstić information content (AvgIpc) is 2.67. The first-order chi connectivity index (χ1) is 12.2. The molecule has 0 saturated heterocycles. The predicted molar refractivity (Wildman–Crippen MR) is 99.3 cm³/mol. The molecular weight excluding hydrogens is 314 g/mol. The number of hydrogen-bond donors (Lipinski definition) is 1. The van der Waals surface area contributed by atoms with Crippen molar-refractivity contribution in [1.29, 1.82) is 0 Å². The van der Waals surface area contributed by atoms with Crippen molar-refractivity contribution < 1.29 is 14.3 Å². The number of carbonyl (C=O) groups is 2. The molecule has 2 aromatic carbocycles. The minimum absolute atomic E-state index is 0.147. The Morgan fingerprint density at radius 1 is 1.04 bits per heavy atom. The van der Waals surface area contributed by atoms with E-state index < -0.39 is 6.09 Å². The van der Waals surface area contributed by atoms with Crippen molar-refractivity contribution in [1.82, 2.24) is 5.32 Å². The van der Waals surface area contributed by atoms with Crippen molar-refractivity contribution in [2.75, 3.05) is 6.54 Å². The summed E-state index contributed by atoms with van der Waals surface area (Å²) in [4.78, 5) is 23.2. The van der Waals surface area contributed by atoms with Crippen LogP contribution in [0.5, 0.6) is 0 Å². The third-order valence-corrected chi connectivity index (χ3v) is 3.66. The largest absolute Gasteiger partial charge is 0.445 e. The van der Waals surface area contributed by atoms with Gasteiger partial charge in [-0.15, -0.1) is 0 Å². The Balaban J connectivity index is 1.65. The maximum atomic E-state index is 11.6. The van der Waals surface area contributed by atoms with E-state index in [1.165, 1.54) is 0 Å². The van der Waals surface area contributed by atoms with Crippen LogP contribution in [0.15, 0.2) is 60.7 Å².